The van der Waals surface area contributed by atoms with Crippen LogP contribution in [0.15, 0.2) is 71.8 Å². The predicted molar refractivity (Wildman–Crippen MR) is 160 cm³/mol. The minimum absolute atomic E-state index is 0.0423. The normalized spacial score (nSPS) is 15.3. The molecule has 1 aliphatic rings. The zero-order valence-electron chi connectivity index (χ0n) is 24.2. The minimum atomic E-state index is -4.68. The number of halogens is 3. The maximum absolute atomic E-state index is 13.7. The third kappa shape index (κ3) is 7.11. The molecule has 4 rings (SSSR count). The van der Waals surface area contributed by atoms with Gasteiger partial charge in [0.25, 0.3) is 5.91 Å². The van der Waals surface area contributed by atoms with Crippen LogP contribution in [0.1, 0.15) is 31.0 Å². The number of benzene rings is 2. The van der Waals surface area contributed by atoms with E-state index in [0.29, 0.717) is 11.1 Å². The van der Waals surface area contributed by atoms with Gasteiger partial charge in [0, 0.05) is 31.7 Å². The summed E-state index contributed by atoms with van der Waals surface area (Å²) in [5.41, 5.74) is 0.698. The predicted octanol–water partition coefficient (Wildman–Crippen LogP) is 5.17. The van der Waals surface area contributed by atoms with Crippen molar-refractivity contribution >= 4 is 52.8 Å². The van der Waals surface area contributed by atoms with E-state index in [1.807, 2.05) is 0 Å². The molecule has 11 nitrogen and oxygen atoms in total. The van der Waals surface area contributed by atoms with Crippen molar-refractivity contribution in [2.24, 2.45) is 5.73 Å². The van der Waals surface area contributed by atoms with Gasteiger partial charge in [-0.3, -0.25) is 14.9 Å². The molecule has 1 aromatic heterocycles. The Morgan fingerprint density at radius 1 is 1.05 bits per heavy atom. The Hall–Kier alpha value is -4.63. The lowest BCUT2D eigenvalue weighted by Crippen LogP contribution is -2.43. The summed E-state index contributed by atoms with van der Waals surface area (Å²) in [5, 5.41) is 5.05. The van der Waals surface area contributed by atoms with E-state index in [2.05, 4.69) is 15.6 Å². The summed E-state index contributed by atoms with van der Waals surface area (Å²) in [6.07, 6.45) is 1.44. The molecule has 0 saturated carbocycles. The van der Waals surface area contributed by atoms with Crippen molar-refractivity contribution in [3.63, 3.8) is 0 Å². The fourth-order valence-corrected chi connectivity index (χ4v) is 4.97. The van der Waals surface area contributed by atoms with Crippen LogP contribution in [0.25, 0.3) is 0 Å². The lowest BCUT2D eigenvalue weighted by atomic mass is 10.0. The first-order valence-electron chi connectivity index (χ1n) is 13.2. The Balaban J connectivity index is 1.64. The largest absolute Gasteiger partial charge is 0.446 e. The molecule has 232 valence electrons. The number of pyridine rings is 1. The molecule has 6 amide bonds. The number of rotatable bonds is 8. The quantitative estimate of drug-likeness (QED) is 0.231. The van der Waals surface area contributed by atoms with Gasteiger partial charge in [-0.25, -0.2) is 19.5 Å². The molecular weight excluding hydrogens is 599 g/mol. The van der Waals surface area contributed by atoms with Crippen molar-refractivity contribution in [2.45, 2.75) is 42.4 Å². The van der Waals surface area contributed by atoms with E-state index in [0.717, 1.165) is 17.0 Å². The highest BCUT2D eigenvalue weighted by Crippen LogP contribution is 2.43. The summed E-state index contributed by atoms with van der Waals surface area (Å²) in [6, 6.07) is 12.5. The SMILES string of the molecule is CN(C)C(=O)Nc1cc(CN2C(=O)N(c3ccc(SC(F)(F)F)c(NC(=O)C(N)c4ccccc4)c3)C(=O)C2(C)C)ccn1. The van der Waals surface area contributed by atoms with Crippen molar-refractivity contribution in [1.29, 1.82) is 0 Å². The standard InChI is InChI=1S/C29H30F3N7O4S/c1-28(2)25(41)39(27(43)38(28)16-17-12-13-34-22(14-17)36-26(42)37(3)4)19-10-11-21(44-29(30,31)32)20(15-19)35-24(40)23(33)18-8-6-5-7-9-18/h5-15,23H,16,33H2,1-4H3,(H,35,40)(H,34,36,42). The maximum Gasteiger partial charge on any atom is 0.446 e. The molecule has 0 bridgehead atoms. The topological polar surface area (TPSA) is 141 Å². The molecule has 2 aromatic carbocycles. The summed E-state index contributed by atoms with van der Waals surface area (Å²) in [6.45, 7) is 3.04. The van der Waals surface area contributed by atoms with E-state index in [9.17, 15) is 32.3 Å². The molecule has 1 aliphatic heterocycles. The zero-order valence-corrected chi connectivity index (χ0v) is 25.0. The Bertz CT molecular complexity index is 1580. The van der Waals surface area contributed by atoms with Crippen LogP contribution in [0.3, 0.4) is 0 Å². The molecule has 0 spiro atoms. The molecule has 0 aliphatic carbocycles. The monoisotopic (exact) mass is 629 g/mol. The number of aromatic nitrogens is 1. The van der Waals surface area contributed by atoms with E-state index in [4.69, 9.17) is 5.73 Å². The first-order valence-corrected chi connectivity index (χ1v) is 14.0. The summed E-state index contributed by atoms with van der Waals surface area (Å²) < 4.78 is 40.1. The molecule has 44 heavy (non-hydrogen) atoms. The highest BCUT2D eigenvalue weighted by molar-refractivity contribution is 8.00. The van der Waals surface area contributed by atoms with Crippen molar-refractivity contribution in [3.8, 4) is 0 Å². The smallest absolute Gasteiger partial charge is 0.331 e. The van der Waals surface area contributed by atoms with Gasteiger partial charge in [-0.2, -0.15) is 13.2 Å². The fraction of sp³-hybridized carbons (Fsp3) is 0.276. The number of hydrogen-bond donors (Lipinski definition) is 3. The lowest BCUT2D eigenvalue weighted by molar-refractivity contribution is -0.123. The molecule has 15 heteroatoms. The van der Waals surface area contributed by atoms with Crippen LogP contribution in [0.2, 0.25) is 0 Å². The van der Waals surface area contributed by atoms with Gasteiger partial charge in [0.05, 0.1) is 11.4 Å². The third-order valence-electron chi connectivity index (χ3n) is 6.78. The first-order chi connectivity index (χ1) is 20.6. The van der Waals surface area contributed by atoms with Crippen LogP contribution >= 0.6 is 11.8 Å². The molecule has 2 heterocycles. The lowest BCUT2D eigenvalue weighted by Gasteiger charge is -2.27. The Kier molecular flexibility index (Phi) is 9.20. The Morgan fingerprint density at radius 3 is 2.36 bits per heavy atom. The number of urea groups is 2. The minimum Gasteiger partial charge on any atom is -0.331 e. The fourth-order valence-electron chi connectivity index (χ4n) is 4.36. The van der Waals surface area contributed by atoms with Crippen LogP contribution in [0, 0.1) is 0 Å². The second kappa shape index (κ2) is 12.5. The number of amides is 6. The van der Waals surface area contributed by atoms with Crippen molar-refractivity contribution in [3.05, 3.63) is 78.0 Å². The molecule has 1 saturated heterocycles. The Morgan fingerprint density at radius 2 is 1.73 bits per heavy atom. The van der Waals surface area contributed by atoms with Crippen molar-refractivity contribution < 1.29 is 32.3 Å². The second-order valence-electron chi connectivity index (χ2n) is 10.5. The summed E-state index contributed by atoms with van der Waals surface area (Å²) in [5.74, 6) is -1.18. The number of alkyl halides is 3. The van der Waals surface area contributed by atoms with Crippen LogP contribution < -0.4 is 21.3 Å². The van der Waals surface area contributed by atoms with E-state index in [-0.39, 0.29) is 28.6 Å². The van der Waals surface area contributed by atoms with Crippen molar-refractivity contribution in [1.82, 2.24) is 14.8 Å². The number of carbonyl (C=O) groups is 4. The van der Waals surface area contributed by atoms with Crippen LogP contribution in [-0.2, 0) is 16.1 Å². The highest BCUT2D eigenvalue weighted by Gasteiger charge is 2.52. The summed E-state index contributed by atoms with van der Waals surface area (Å²) in [7, 11) is 3.13. The second-order valence-corrected chi connectivity index (χ2v) is 11.7. The number of hydrogen-bond acceptors (Lipinski definition) is 7. The molecule has 1 atom stereocenters. The highest BCUT2D eigenvalue weighted by atomic mass is 32.2. The molecular formula is C29H30F3N7O4S. The maximum atomic E-state index is 13.7. The summed E-state index contributed by atoms with van der Waals surface area (Å²) >= 11 is -0.454. The number of nitrogens with two attached hydrogens (primary N) is 1. The van der Waals surface area contributed by atoms with E-state index in [1.54, 1.807) is 70.4 Å². The average molecular weight is 630 g/mol. The number of nitrogens with zero attached hydrogens (tertiary/aromatic N) is 4. The van der Waals surface area contributed by atoms with E-state index < -0.39 is 52.7 Å². The number of carbonyl (C=O) groups excluding carboxylic acids is 4. The van der Waals surface area contributed by atoms with Gasteiger partial charge in [0.15, 0.2) is 0 Å². The third-order valence-corrected chi connectivity index (χ3v) is 7.58. The van der Waals surface area contributed by atoms with Gasteiger partial charge in [-0.15, -0.1) is 0 Å². The van der Waals surface area contributed by atoms with Crippen LogP contribution in [-0.4, -0.2) is 63.8 Å². The number of imide groups is 1. The van der Waals surface area contributed by atoms with Gasteiger partial charge in [-0.1, -0.05) is 30.3 Å². The average Bonchev–Trinajstić information content (AvgIpc) is 3.12. The Labute approximate surface area is 255 Å². The number of nitrogens with one attached hydrogen (secondary N) is 2. The van der Waals surface area contributed by atoms with Gasteiger partial charge in [0.1, 0.15) is 17.4 Å². The summed E-state index contributed by atoms with van der Waals surface area (Å²) in [4.78, 5) is 59.5. The molecule has 0 radical (unpaired) electrons. The van der Waals surface area contributed by atoms with Gasteiger partial charge >= 0.3 is 17.6 Å². The number of anilines is 3. The molecule has 3 aromatic rings. The van der Waals surface area contributed by atoms with E-state index >= 15 is 0 Å². The van der Waals surface area contributed by atoms with E-state index in [1.165, 1.54) is 22.1 Å². The molecule has 1 fully saturated rings. The van der Waals surface area contributed by atoms with Gasteiger partial charge in [0.2, 0.25) is 5.91 Å². The van der Waals surface area contributed by atoms with Gasteiger partial charge in [-0.05, 0) is 67.1 Å². The van der Waals surface area contributed by atoms with Crippen molar-refractivity contribution in [2.75, 3.05) is 29.6 Å². The van der Waals surface area contributed by atoms with Crippen LogP contribution in [0.4, 0.5) is 40.0 Å². The zero-order chi connectivity index (χ0) is 32.4. The van der Waals surface area contributed by atoms with Crippen LogP contribution in [0.5, 0.6) is 0 Å². The molecule has 1 unspecified atom stereocenters. The number of thioether (sulfide) groups is 1. The first kappa shape index (κ1) is 32.3. The molecule has 4 N–H and O–H groups in total. The van der Waals surface area contributed by atoms with Gasteiger partial charge < -0.3 is 20.9 Å².